The molecule has 0 saturated heterocycles. The average Bonchev–Trinajstić information content (AvgIpc) is 2.31. The van der Waals surface area contributed by atoms with Crippen LogP contribution in [0.2, 0.25) is 0 Å². The first-order chi connectivity index (χ1) is 8.99. The second-order valence-electron chi connectivity index (χ2n) is 4.13. The predicted molar refractivity (Wildman–Crippen MR) is 73.8 cm³/mol. The van der Waals surface area contributed by atoms with Gasteiger partial charge in [0.15, 0.2) is 11.5 Å². The van der Waals surface area contributed by atoms with Crippen molar-refractivity contribution in [3.8, 4) is 0 Å². The molecular formula is C12H14N6O. The first kappa shape index (κ1) is 12.7. The monoisotopic (exact) mass is 258 g/mol. The van der Waals surface area contributed by atoms with Crippen LogP contribution in [0.1, 0.15) is 11.1 Å². The van der Waals surface area contributed by atoms with Crippen LogP contribution in [0.3, 0.4) is 0 Å². The van der Waals surface area contributed by atoms with Crippen LogP contribution in [0.25, 0.3) is 0 Å². The number of hydrogen-bond acceptors (Lipinski definition) is 6. The Morgan fingerprint density at radius 1 is 1.11 bits per heavy atom. The molecule has 98 valence electrons. The summed E-state index contributed by atoms with van der Waals surface area (Å²) in [5.41, 5.74) is 13.0. The molecule has 0 aliphatic heterocycles. The topological polar surface area (TPSA) is 123 Å². The fraction of sp³-hybridized carbons (Fsp3) is 0.167. The fourth-order valence-corrected chi connectivity index (χ4v) is 1.66. The van der Waals surface area contributed by atoms with Crippen LogP contribution in [0.5, 0.6) is 0 Å². The van der Waals surface area contributed by atoms with Crippen LogP contribution in [-0.4, -0.2) is 9.97 Å². The third-order valence-electron chi connectivity index (χ3n) is 2.63. The van der Waals surface area contributed by atoms with E-state index in [2.05, 4.69) is 20.2 Å². The van der Waals surface area contributed by atoms with Crippen molar-refractivity contribution in [1.82, 2.24) is 9.97 Å². The molecule has 0 radical (unpaired) electrons. The Kier molecular flexibility index (Phi) is 3.28. The molecule has 1 aromatic carbocycles. The molecule has 0 aliphatic rings. The Balaban J connectivity index is 2.47. The van der Waals surface area contributed by atoms with Gasteiger partial charge in [0.2, 0.25) is 5.95 Å². The summed E-state index contributed by atoms with van der Waals surface area (Å²) in [6.07, 6.45) is 0. The van der Waals surface area contributed by atoms with Gasteiger partial charge in [-0.3, -0.25) is 9.78 Å². The fourth-order valence-electron chi connectivity index (χ4n) is 1.66. The van der Waals surface area contributed by atoms with Gasteiger partial charge in [-0.2, -0.15) is 4.98 Å². The van der Waals surface area contributed by atoms with Gasteiger partial charge < -0.3 is 11.5 Å². The maximum Gasteiger partial charge on any atom is 0.282 e. The summed E-state index contributed by atoms with van der Waals surface area (Å²) in [7, 11) is 0. The summed E-state index contributed by atoms with van der Waals surface area (Å²) >= 11 is 0. The highest BCUT2D eigenvalue weighted by molar-refractivity contribution is 5.58. The van der Waals surface area contributed by atoms with Gasteiger partial charge in [0.05, 0.1) is 5.69 Å². The normalized spacial score (nSPS) is 11.1. The van der Waals surface area contributed by atoms with Gasteiger partial charge in [0.1, 0.15) is 0 Å². The number of rotatable bonds is 2. The van der Waals surface area contributed by atoms with E-state index in [1.165, 1.54) is 0 Å². The van der Waals surface area contributed by atoms with E-state index in [9.17, 15) is 4.79 Å². The highest BCUT2D eigenvalue weighted by atomic mass is 16.1. The van der Waals surface area contributed by atoms with Crippen molar-refractivity contribution in [3.63, 3.8) is 0 Å². The molecule has 2 rings (SSSR count). The van der Waals surface area contributed by atoms with Crippen molar-refractivity contribution in [2.24, 2.45) is 10.2 Å². The lowest BCUT2D eigenvalue weighted by atomic mass is 10.1. The van der Waals surface area contributed by atoms with Gasteiger partial charge in [0, 0.05) is 0 Å². The Morgan fingerprint density at radius 2 is 1.68 bits per heavy atom. The van der Waals surface area contributed by atoms with Crippen molar-refractivity contribution in [2.75, 3.05) is 11.5 Å². The molecule has 0 amide bonds. The van der Waals surface area contributed by atoms with Crippen LogP contribution in [0.4, 0.5) is 23.1 Å². The summed E-state index contributed by atoms with van der Waals surface area (Å²) < 4.78 is 0. The number of nitrogens with one attached hydrogen (secondary N) is 1. The van der Waals surface area contributed by atoms with Crippen molar-refractivity contribution < 1.29 is 0 Å². The molecular weight excluding hydrogens is 244 g/mol. The van der Waals surface area contributed by atoms with Crippen LogP contribution in [0, 0.1) is 13.8 Å². The number of aromatic amines is 1. The number of aromatic nitrogens is 2. The van der Waals surface area contributed by atoms with Gasteiger partial charge in [-0.25, -0.2) is 0 Å². The van der Waals surface area contributed by atoms with Gasteiger partial charge in [0.25, 0.3) is 5.56 Å². The number of azo groups is 1. The van der Waals surface area contributed by atoms with Crippen LogP contribution in [0.15, 0.2) is 33.2 Å². The molecule has 1 aromatic heterocycles. The second kappa shape index (κ2) is 4.89. The van der Waals surface area contributed by atoms with Gasteiger partial charge in [-0.15, -0.1) is 10.2 Å². The molecule has 0 bridgehead atoms. The minimum absolute atomic E-state index is 0.0446. The van der Waals surface area contributed by atoms with Crippen molar-refractivity contribution in [3.05, 3.63) is 39.7 Å². The third-order valence-corrected chi connectivity index (χ3v) is 2.63. The molecule has 5 N–H and O–H groups in total. The minimum Gasteiger partial charge on any atom is -0.382 e. The van der Waals surface area contributed by atoms with E-state index in [1.54, 1.807) is 0 Å². The lowest BCUT2D eigenvalue weighted by molar-refractivity contribution is 1.09. The standard InChI is InChI=1S/C12H14N6O/c1-6-4-3-5-7(2)8(6)17-18-9-10(13)15-12(14)16-11(9)19/h3-5H,1-2H3,(H5,13,14,15,16,19). The van der Waals surface area contributed by atoms with Gasteiger partial charge in [-0.05, 0) is 25.0 Å². The highest BCUT2D eigenvalue weighted by Gasteiger charge is 2.07. The lowest BCUT2D eigenvalue weighted by Crippen LogP contribution is -2.12. The average molecular weight is 258 g/mol. The van der Waals surface area contributed by atoms with E-state index in [0.29, 0.717) is 5.69 Å². The molecule has 0 aliphatic carbocycles. The Hall–Kier alpha value is -2.70. The Bertz CT molecular complexity index is 684. The number of aryl methyl sites for hydroxylation is 2. The summed E-state index contributed by atoms with van der Waals surface area (Å²) in [5.74, 6) is -0.0928. The van der Waals surface area contributed by atoms with Gasteiger partial charge >= 0.3 is 0 Å². The molecule has 0 unspecified atom stereocenters. The molecule has 19 heavy (non-hydrogen) atoms. The minimum atomic E-state index is -0.514. The third kappa shape index (κ3) is 2.59. The molecule has 7 nitrogen and oxygen atoms in total. The number of nitrogen functional groups attached to an aromatic ring is 2. The van der Waals surface area contributed by atoms with Crippen LogP contribution in [-0.2, 0) is 0 Å². The SMILES string of the molecule is Cc1cccc(C)c1N=Nc1c(N)nc(N)[nH]c1=O. The van der Waals surface area contributed by atoms with Crippen molar-refractivity contribution in [2.45, 2.75) is 13.8 Å². The molecule has 0 fully saturated rings. The zero-order valence-electron chi connectivity index (χ0n) is 10.6. The number of hydrogen-bond donors (Lipinski definition) is 3. The van der Waals surface area contributed by atoms with E-state index in [1.807, 2.05) is 32.0 Å². The zero-order valence-corrected chi connectivity index (χ0v) is 10.6. The molecule has 0 spiro atoms. The first-order valence-corrected chi connectivity index (χ1v) is 5.62. The molecule has 1 heterocycles. The molecule has 7 heteroatoms. The maximum atomic E-state index is 11.6. The number of H-pyrrole nitrogens is 1. The second-order valence-corrected chi connectivity index (χ2v) is 4.13. The first-order valence-electron chi connectivity index (χ1n) is 5.62. The summed E-state index contributed by atoms with van der Waals surface area (Å²) in [4.78, 5) is 17.7. The summed E-state index contributed by atoms with van der Waals surface area (Å²) in [6, 6.07) is 5.75. The highest BCUT2D eigenvalue weighted by Crippen LogP contribution is 2.25. The van der Waals surface area contributed by atoms with E-state index < -0.39 is 5.56 Å². The summed E-state index contributed by atoms with van der Waals surface area (Å²) in [5, 5.41) is 7.95. The smallest absolute Gasteiger partial charge is 0.282 e. The quantitative estimate of drug-likeness (QED) is 0.712. The zero-order chi connectivity index (χ0) is 14.0. The Morgan fingerprint density at radius 3 is 2.26 bits per heavy atom. The van der Waals surface area contributed by atoms with Crippen LogP contribution < -0.4 is 17.0 Å². The predicted octanol–water partition coefficient (Wildman–Crippen LogP) is 1.97. The molecule has 0 atom stereocenters. The number of anilines is 2. The Labute approximate surface area is 109 Å². The van der Waals surface area contributed by atoms with E-state index in [4.69, 9.17) is 11.5 Å². The maximum absolute atomic E-state index is 11.6. The van der Waals surface area contributed by atoms with Crippen molar-refractivity contribution in [1.29, 1.82) is 0 Å². The van der Waals surface area contributed by atoms with E-state index in [0.717, 1.165) is 11.1 Å². The van der Waals surface area contributed by atoms with Crippen molar-refractivity contribution >= 4 is 23.1 Å². The van der Waals surface area contributed by atoms with Gasteiger partial charge in [-0.1, -0.05) is 18.2 Å². The lowest BCUT2D eigenvalue weighted by Gasteiger charge is -2.03. The molecule has 0 saturated carbocycles. The van der Waals surface area contributed by atoms with E-state index in [-0.39, 0.29) is 17.5 Å². The number of nitrogens with zero attached hydrogens (tertiary/aromatic N) is 3. The van der Waals surface area contributed by atoms with Crippen LogP contribution >= 0.6 is 0 Å². The van der Waals surface area contributed by atoms with E-state index >= 15 is 0 Å². The largest absolute Gasteiger partial charge is 0.382 e. The number of nitrogens with two attached hydrogens (primary N) is 2. The summed E-state index contributed by atoms with van der Waals surface area (Å²) in [6.45, 7) is 3.83. The number of benzene rings is 1. The molecule has 2 aromatic rings.